The van der Waals surface area contributed by atoms with Crippen LogP contribution in [0.15, 0.2) is 4.52 Å². The second-order valence-electron chi connectivity index (χ2n) is 5.95. The molecule has 0 aromatic carbocycles. The maximum Gasteiger partial charge on any atom is 0.246 e. The van der Waals surface area contributed by atoms with Crippen molar-refractivity contribution in [2.75, 3.05) is 6.54 Å². The van der Waals surface area contributed by atoms with E-state index in [0.29, 0.717) is 0 Å². The van der Waals surface area contributed by atoms with Gasteiger partial charge < -0.3 is 9.84 Å². The Hall–Kier alpha value is -0.550. The molecular weight excluding hydrogens is 258 g/mol. The minimum Gasteiger partial charge on any atom is -0.337 e. The van der Waals surface area contributed by atoms with Gasteiger partial charge in [-0.1, -0.05) is 18.0 Å². The van der Waals surface area contributed by atoms with Crippen LogP contribution in [0.5, 0.6) is 0 Å². The highest BCUT2D eigenvalue weighted by Gasteiger charge is 2.34. The fraction of sp³-hybridized carbons (Fsp3) is 0.857. The second kappa shape index (κ2) is 5.83. The van der Waals surface area contributed by atoms with E-state index in [4.69, 9.17) is 4.52 Å². The van der Waals surface area contributed by atoms with E-state index in [1.807, 2.05) is 11.8 Å². The molecule has 0 amide bonds. The van der Waals surface area contributed by atoms with E-state index in [1.165, 1.54) is 38.5 Å². The lowest BCUT2D eigenvalue weighted by atomic mass is 9.91. The van der Waals surface area contributed by atoms with Gasteiger partial charge in [0.15, 0.2) is 5.82 Å². The van der Waals surface area contributed by atoms with Gasteiger partial charge in [-0.2, -0.15) is 16.7 Å². The number of thioether (sulfide) groups is 1. The smallest absolute Gasteiger partial charge is 0.246 e. The van der Waals surface area contributed by atoms with E-state index in [-0.39, 0.29) is 5.54 Å². The average Bonchev–Trinajstić information content (AvgIpc) is 3.09. The molecule has 1 aromatic rings. The van der Waals surface area contributed by atoms with E-state index in [1.54, 1.807) is 0 Å². The van der Waals surface area contributed by atoms with Crippen molar-refractivity contribution < 1.29 is 4.52 Å². The van der Waals surface area contributed by atoms with Crippen molar-refractivity contribution in [1.29, 1.82) is 0 Å². The number of hydrogen-bond acceptors (Lipinski definition) is 5. The number of aromatic nitrogens is 2. The van der Waals surface area contributed by atoms with Gasteiger partial charge in [-0.3, -0.25) is 0 Å². The molecule has 5 heteroatoms. The predicted molar refractivity (Wildman–Crippen MR) is 77.1 cm³/mol. The van der Waals surface area contributed by atoms with Crippen LogP contribution in [-0.4, -0.2) is 21.9 Å². The van der Waals surface area contributed by atoms with Crippen LogP contribution in [0.2, 0.25) is 0 Å². The summed E-state index contributed by atoms with van der Waals surface area (Å²) >= 11 is 1.99. The van der Waals surface area contributed by atoms with Crippen LogP contribution >= 0.6 is 11.8 Å². The lowest BCUT2D eigenvalue weighted by Crippen LogP contribution is -2.43. The quantitative estimate of drug-likeness (QED) is 0.918. The summed E-state index contributed by atoms with van der Waals surface area (Å²) in [6, 6.07) is 0. The number of piperidine rings is 1. The molecule has 1 aromatic heterocycles. The second-order valence-corrected chi connectivity index (χ2v) is 7.24. The van der Waals surface area contributed by atoms with Gasteiger partial charge in [0.25, 0.3) is 0 Å². The fourth-order valence-electron chi connectivity index (χ4n) is 3.02. The molecule has 0 radical (unpaired) electrons. The van der Waals surface area contributed by atoms with Crippen LogP contribution in [0.4, 0.5) is 0 Å². The lowest BCUT2D eigenvalue weighted by molar-refractivity contribution is 0.206. The Morgan fingerprint density at radius 1 is 1.32 bits per heavy atom. The maximum atomic E-state index is 5.49. The van der Waals surface area contributed by atoms with E-state index in [0.717, 1.165) is 35.7 Å². The number of nitrogens with one attached hydrogen (secondary N) is 1. The van der Waals surface area contributed by atoms with Gasteiger partial charge >= 0.3 is 0 Å². The highest BCUT2D eigenvalue weighted by molar-refractivity contribution is 7.99. The zero-order chi connectivity index (χ0) is 13.1. The van der Waals surface area contributed by atoms with Gasteiger partial charge in [-0.15, -0.1) is 0 Å². The Morgan fingerprint density at radius 2 is 2.16 bits per heavy atom. The van der Waals surface area contributed by atoms with Crippen molar-refractivity contribution in [3.63, 3.8) is 0 Å². The molecular formula is C14H23N3OS. The monoisotopic (exact) mass is 281 g/mol. The molecule has 1 unspecified atom stereocenters. The van der Waals surface area contributed by atoms with Crippen LogP contribution in [0.1, 0.15) is 63.6 Å². The van der Waals surface area contributed by atoms with Crippen molar-refractivity contribution in [2.24, 2.45) is 0 Å². The fourth-order valence-corrected chi connectivity index (χ4v) is 4.19. The molecule has 106 valence electrons. The molecule has 2 fully saturated rings. The number of rotatable bonds is 4. The molecule has 1 N–H and O–H groups in total. The topological polar surface area (TPSA) is 51.0 Å². The van der Waals surface area contributed by atoms with Crippen LogP contribution in [0.25, 0.3) is 0 Å². The first kappa shape index (κ1) is 13.4. The Labute approximate surface area is 119 Å². The minimum absolute atomic E-state index is 0.110. The normalized spacial score (nSPS) is 28.9. The van der Waals surface area contributed by atoms with Gasteiger partial charge in [0, 0.05) is 5.25 Å². The molecule has 0 bridgehead atoms. The highest BCUT2D eigenvalue weighted by atomic mass is 32.2. The third kappa shape index (κ3) is 3.14. The molecule has 3 rings (SSSR count). The maximum absolute atomic E-state index is 5.49. The molecule has 2 heterocycles. The molecule has 1 saturated carbocycles. The molecule has 2 aliphatic rings. The number of hydrogen-bond donors (Lipinski definition) is 1. The van der Waals surface area contributed by atoms with Crippen LogP contribution in [-0.2, 0) is 11.3 Å². The van der Waals surface area contributed by atoms with Gasteiger partial charge in [-0.05, 0) is 45.6 Å². The Balaban J connectivity index is 1.59. The molecule has 1 atom stereocenters. The van der Waals surface area contributed by atoms with Crippen molar-refractivity contribution in [2.45, 2.75) is 68.4 Å². The Morgan fingerprint density at radius 3 is 2.89 bits per heavy atom. The summed E-state index contributed by atoms with van der Waals surface area (Å²) in [5.41, 5.74) is -0.110. The van der Waals surface area contributed by atoms with Gasteiger partial charge in [0.2, 0.25) is 5.89 Å². The molecule has 0 spiro atoms. The van der Waals surface area contributed by atoms with Crippen molar-refractivity contribution in [3.8, 4) is 0 Å². The summed E-state index contributed by atoms with van der Waals surface area (Å²) in [6.45, 7) is 3.22. The first-order valence-corrected chi connectivity index (χ1v) is 8.51. The predicted octanol–water partition coefficient (Wildman–Crippen LogP) is 3.23. The minimum atomic E-state index is -0.110. The van der Waals surface area contributed by atoms with Crippen molar-refractivity contribution in [1.82, 2.24) is 15.5 Å². The summed E-state index contributed by atoms with van der Waals surface area (Å²) in [7, 11) is 0. The first-order valence-electron chi connectivity index (χ1n) is 7.46. The zero-order valence-electron chi connectivity index (χ0n) is 11.7. The zero-order valence-corrected chi connectivity index (χ0v) is 12.5. The summed E-state index contributed by atoms with van der Waals surface area (Å²) in [5.74, 6) is 2.53. The van der Waals surface area contributed by atoms with Crippen molar-refractivity contribution in [3.05, 3.63) is 11.7 Å². The summed E-state index contributed by atoms with van der Waals surface area (Å²) < 4.78 is 5.49. The third-order valence-corrected chi connectivity index (χ3v) is 5.68. The molecule has 1 aliphatic carbocycles. The van der Waals surface area contributed by atoms with Gasteiger partial charge in [0.05, 0.1) is 11.3 Å². The first-order chi connectivity index (χ1) is 9.26. The lowest BCUT2D eigenvalue weighted by Gasteiger charge is -2.31. The van der Waals surface area contributed by atoms with E-state index < -0.39 is 0 Å². The summed E-state index contributed by atoms with van der Waals surface area (Å²) in [6.07, 6.45) is 9.05. The highest BCUT2D eigenvalue weighted by Crippen LogP contribution is 2.32. The number of nitrogens with zero attached hydrogens (tertiary/aromatic N) is 2. The Bertz CT molecular complexity index is 409. The van der Waals surface area contributed by atoms with Crippen LogP contribution < -0.4 is 5.32 Å². The molecule has 4 nitrogen and oxygen atoms in total. The van der Waals surface area contributed by atoms with E-state index in [2.05, 4.69) is 22.4 Å². The van der Waals surface area contributed by atoms with Gasteiger partial charge in [-0.25, -0.2) is 0 Å². The Kier molecular flexibility index (Phi) is 4.12. The summed E-state index contributed by atoms with van der Waals surface area (Å²) in [5, 5.41) is 8.48. The standard InChI is InChI=1S/C14H23N3OS/c1-14(8-4-5-9-15-14)13-16-12(17-18-13)10-19-11-6-2-3-7-11/h11,15H,2-10H2,1H3. The van der Waals surface area contributed by atoms with Gasteiger partial charge in [0.1, 0.15) is 0 Å². The SMILES string of the molecule is CC1(c2nc(CSC3CCCC3)no2)CCCCN1. The largest absolute Gasteiger partial charge is 0.337 e. The molecule has 19 heavy (non-hydrogen) atoms. The van der Waals surface area contributed by atoms with Crippen LogP contribution in [0.3, 0.4) is 0 Å². The average molecular weight is 281 g/mol. The molecule has 1 aliphatic heterocycles. The van der Waals surface area contributed by atoms with Crippen molar-refractivity contribution >= 4 is 11.8 Å². The molecule has 1 saturated heterocycles. The van der Waals surface area contributed by atoms with Crippen LogP contribution in [0, 0.1) is 0 Å². The van der Waals surface area contributed by atoms with E-state index in [9.17, 15) is 0 Å². The van der Waals surface area contributed by atoms with E-state index >= 15 is 0 Å². The summed E-state index contributed by atoms with van der Waals surface area (Å²) in [4.78, 5) is 4.61. The third-order valence-electron chi connectivity index (χ3n) is 4.31.